The molecule has 4 nitrogen and oxygen atoms in total. The monoisotopic (exact) mass is 413 g/mol. The average molecular weight is 415 g/mol. The van der Waals surface area contributed by atoms with Gasteiger partial charge in [-0.15, -0.1) is 0 Å². The Kier molecular flexibility index (Phi) is 3.86. The van der Waals surface area contributed by atoms with Crippen molar-refractivity contribution in [3.05, 3.63) is 61.1 Å². The second kappa shape index (κ2) is 5.65. The molecule has 0 radical (unpaired) electrons. The third kappa shape index (κ3) is 3.03. The number of H-pyrrole nitrogens is 2. The first-order valence-electron chi connectivity index (χ1n) is 6.12. The predicted molar refractivity (Wildman–Crippen MR) is 88.0 cm³/mol. The lowest BCUT2D eigenvalue weighted by atomic mass is 10.2. The van der Waals surface area contributed by atoms with Gasteiger partial charge in [0, 0.05) is 21.1 Å². The Morgan fingerprint density at radius 3 is 2.57 bits per heavy atom. The zero-order chi connectivity index (χ0) is 15.0. The number of fused-ring (bicyclic) bond motifs is 1. The van der Waals surface area contributed by atoms with E-state index in [0.29, 0.717) is 23.1 Å². The van der Waals surface area contributed by atoms with Crippen molar-refractivity contribution in [2.45, 2.75) is 6.54 Å². The lowest BCUT2D eigenvalue weighted by molar-refractivity contribution is 0.612. The molecule has 0 fully saturated rings. The first-order valence-corrected chi connectivity index (χ1v) is 7.71. The molecule has 3 rings (SSSR count). The van der Waals surface area contributed by atoms with E-state index >= 15 is 0 Å². The largest absolute Gasteiger partial charge is 0.380 e. The second-order valence-corrected chi connectivity index (χ2v) is 6.32. The van der Waals surface area contributed by atoms with Crippen molar-refractivity contribution < 1.29 is 4.39 Å². The molecule has 0 saturated carbocycles. The fourth-order valence-electron chi connectivity index (χ4n) is 2.06. The van der Waals surface area contributed by atoms with Crippen molar-refractivity contribution in [2.24, 2.45) is 0 Å². The van der Waals surface area contributed by atoms with Crippen LogP contribution in [0.4, 0.5) is 10.1 Å². The van der Waals surface area contributed by atoms with E-state index in [1.165, 1.54) is 6.07 Å². The molecule has 0 unspecified atom stereocenters. The summed E-state index contributed by atoms with van der Waals surface area (Å²) < 4.78 is 15.3. The van der Waals surface area contributed by atoms with Gasteiger partial charge in [-0.2, -0.15) is 0 Å². The minimum Gasteiger partial charge on any atom is -0.380 e. The summed E-state index contributed by atoms with van der Waals surface area (Å²) in [5, 5.41) is 3.16. The molecule has 0 aliphatic carbocycles. The molecule has 0 aliphatic rings. The number of nitrogens with one attached hydrogen (secondary N) is 3. The maximum absolute atomic E-state index is 13.7. The van der Waals surface area contributed by atoms with Gasteiger partial charge < -0.3 is 15.3 Å². The van der Waals surface area contributed by atoms with Gasteiger partial charge in [-0.1, -0.05) is 15.9 Å². The topological polar surface area (TPSA) is 60.7 Å². The van der Waals surface area contributed by atoms with E-state index in [0.717, 1.165) is 14.6 Å². The maximum Gasteiger partial charge on any atom is 0.323 e. The summed E-state index contributed by atoms with van der Waals surface area (Å²) in [6.07, 6.45) is 0. The van der Waals surface area contributed by atoms with Crippen molar-refractivity contribution in [1.82, 2.24) is 9.97 Å². The lowest BCUT2D eigenvalue weighted by Crippen LogP contribution is -2.02. The summed E-state index contributed by atoms with van der Waals surface area (Å²) in [5.74, 6) is -0.266. The van der Waals surface area contributed by atoms with E-state index in [2.05, 4.69) is 47.1 Å². The lowest BCUT2D eigenvalue weighted by Gasteiger charge is -2.10. The third-order valence-electron chi connectivity index (χ3n) is 3.08. The van der Waals surface area contributed by atoms with Crippen molar-refractivity contribution in [1.29, 1.82) is 0 Å². The first kappa shape index (κ1) is 14.3. The number of hydrogen-bond acceptors (Lipinski definition) is 2. The SMILES string of the molecule is O=c1[nH]c2cc(Br)c(NCc3cc(Br)ccc3F)cc2[nH]1. The van der Waals surface area contributed by atoms with Crippen LogP contribution in [0.2, 0.25) is 0 Å². The van der Waals surface area contributed by atoms with Crippen molar-refractivity contribution in [3.8, 4) is 0 Å². The Morgan fingerprint density at radius 2 is 1.81 bits per heavy atom. The summed E-state index contributed by atoms with van der Waals surface area (Å²) in [6.45, 7) is 0.337. The molecule has 0 saturated heterocycles. The molecule has 1 aromatic heterocycles. The van der Waals surface area contributed by atoms with Crippen LogP contribution in [0, 0.1) is 5.82 Å². The number of halogens is 3. The van der Waals surface area contributed by atoms with E-state index in [-0.39, 0.29) is 11.5 Å². The van der Waals surface area contributed by atoms with Crippen LogP contribution in [-0.2, 0) is 6.54 Å². The van der Waals surface area contributed by atoms with Gasteiger partial charge in [0.2, 0.25) is 0 Å². The minimum atomic E-state index is -0.266. The highest BCUT2D eigenvalue weighted by Gasteiger charge is 2.07. The van der Waals surface area contributed by atoms with Crippen LogP contribution in [0.3, 0.4) is 0 Å². The van der Waals surface area contributed by atoms with E-state index in [1.54, 1.807) is 24.3 Å². The van der Waals surface area contributed by atoms with Crippen LogP contribution in [0.1, 0.15) is 5.56 Å². The summed E-state index contributed by atoms with van der Waals surface area (Å²) in [5.41, 5.74) is 2.48. The van der Waals surface area contributed by atoms with Gasteiger partial charge in [-0.3, -0.25) is 0 Å². The second-order valence-electron chi connectivity index (χ2n) is 4.55. The number of imidazole rings is 1. The van der Waals surface area contributed by atoms with Gasteiger partial charge >= 0.3 is 5.69 Å². The fourth-order valence-corrected chi connectivity index (χ4v) is 2.95. The Balaban J connectivity index is 1.89. The zero-order valence-electron chi connectivity index (χ0n) is 10.6. The maximum atomic E-state index is 13.7. The Labute approximate surface area is 136 Å². The highest BCUT2D eigenvalue weighted by Crippen LogP contribution is 2.27. The van der Waals surface area contributed by atoms with Gasteiger partial charge in [-0.05, 0) is 46.3 Å². The van der Waals surface area contributed by atoms with Crippen LogP contribution in [0.25, 0.3) is 11.0 Å². The third-order valence-corrected chi connectivity index (χ3v) is 4.23. The van der Waals surface area contributed by atoms with E-state index in [4.69, 9.17) is 0 Å². The van der Waals surface area contributed by atoms with Crippen molar-refractivity contribution in [2.75, 3.05) is 5.32 Å². The molecule has 1 heterocycles. The van der Waals surface area contributed by atoms with Crippen LogP contribution < -0.4 is 11.0 Å². The molecule has 7 heteroatoms. The molecule has 108 valence electrons. The molecule has 2 aromatic carbocycles. The summed E-state index contributed by atoms with van der Waals surface area (Å²) in [4.78, 5) is 16.6. The molecular weight excluding hydrogens is 405 g/mol. The highest BCUT2D eigenvalue weighted by molar-refractivity contribution is 9.10. The molecule has 0 spiro atoms. The Morgan fingerprint density at radius 1 is 1.10 bits per heavy atom. The molecule has 0 amide bonds. The number of aromatic nitrogens is 2. The number of anilines is 1. The predicted octanol–water partition coefficient (Wildman–Crippen LogP) is 4.13. The van der Waals surface area contributed by atoms with E-state index < -0.39 is 0 Å². The highest BCUT2D eigenvalue weighted by atomic mass is 79.9. The van der Waals surface area contributed by atoms with Crippen LogP contribution in [0.15, 0.2) is 44.1 Å². The molecule has 0 atom stereocenters. The van der Waals surface area contributed by atoms with Crippen LogP contribution in [-0.4, -0.2) is 9.97 Å². The standard InChI is InChI=1S/C14H10Br2FN3O/c15-8-1-2-10(17)7(3-8)6-18-11-5-13-12(4-9(11)16)19-14(21)20-13/h1-5,18H,6H2,(H2,19,20,21). The fraction of sp³-hybridized carbons (Fsp3) is 0.0714. The van der Waals surface area contributed by atoms with Crippen molar-refractivity contribution >= 4 is 48.6 Å². The number of rotatable bonds is 3. The number of benzene rings is 2. The van der Waals surface area contributed by atoms with E-state index in [9.17, 15) is 9.18 Å². The Hall–Kier alpha value is -1.60. The smallest absolute Gasteiger partial charge is 0.323 e. The summed E-state index contributed by atoms with van der Waals surface area (Å²) in [7, 11) is 0. The Bertz CT molecular complexity index is 872. The van der Waals surface area contributed by atoms with Gasteiger partial charge in [0.05, 0.1) is 16.7 Å². The molecule has 3 N–H and O–H groups in total. The van der Waals surface area contributed by atoms with Gasteiger partial charge in [0.15, 0.2) is 0 Å². The molecular formula is C14H10Br2FN3O. The molecule has 0 aliphatic heterocycles. The van der Waals surface area contributed by atoms with Gasteiger partial charge in [-0.25, -0.2) is 9.18 Å². The summed E-state index contributed by atoms with van der Waals surface area (Å²) >= 11 is 6.76. The van der Waals surface area contributed by atoms with Crippen molar-refractivity contribution in [3.63, 3.8) is 0 Å². The molecule has 0 bridgehead atoms. The van der Waals surface area contributed by atoms with Crippen LogP contribution in [0.5, 0.6) is 0 Å². The van der Waals surface area contributed by atoms with Gasteiger partial charge in [0.1, 0.15) is 5.82 Å². The van der Waals surface area contributed by atoms with Gasteiger partial charge in [0.25, 0.3) is 0 Å². The average Bonchev–Trinajstić information content (AvgIpc) is 2.78. The quantitative estimate of drug-likeness (QED) is 0.603. The van der Waals surface area contributed by atoms with Crippen LogP contribution >= 0.6 is 31.9 Å². The normalized spacial score (nSPS) is 11.0. The molecule has 21 heavy (non-hydrogen) atoms. The van der Waals surface area contributed by atoms with E-state index in [1.807, 2.05) is 0 Å². The number of hydrogen-bond donors (Lipinski definition) is 3. The zero-order valence-corrected chi connectivity index (χ0v) is 13.8. The summed E-state index contributed by atoms with van der Waals surface area (Å²) in [6, 6.07) is 8.40. The minimum absolute atomic E-state index is 0.257. The first-order chi connectivity index (χ1) is 10.0. The molecule has 3 aromatic rings. The number of aromatic amines is 2.